The van der Waals surface area contributed by atoms with Crippen LogP contribution in [0.5, 0.6) is 0 Å². The Morgan fingerprint density at radius 3 is 2.46 bits per heavy atom. The van der Waals surface area contributed by atoms with Gasteiger partial charge in [-0.15, -0.1) is 12.4 Å². The number of nitrogens with one attached hydrogen (secondary N) is 1. The van der Waals surface area contributed by atoms with Crippen LogP contribution in [-0.2, 0) is 19.0 Å². The van der Waals surface area contributed by atoms with Gasteiger partial charge in [-0.1, -0.05) is 69.2 Å². The third kappa shape index (κ3) is 8.70. The fourth-order valence-electron chi connectivity index (χ4n) is 4.57. The molecule has 0 radical (unpaired) electrons. The van der Waals surface area contributed by atoms with Crippen molar-refractivity contribution in [2.75, 3.05) is 13.1 Å². The quantitative estimate of drug-likeness (QED) is 0.188. The van der Waals surface area contributed by atoms with E-state index in [1.165, 1.54) is 25.7 Å². The topological polar surface area (TPSA) is 92.0 Å². The molecule has 0 bridgehead atoms. The maximum absolute atomic E-state index is 13.8. The number of nitrogens with two attached hydrogens (primary N) is 1. The van der Waals surface area contributed by atoms with Crippen LogP contribution in [0.2, 0.25) is 0 Å². The van der Waals surface area contributed by atoms with E-state index in [4.69, 9.17) is 15.7 Å². The van der Waals surface area contributed by atoms with Gasteiger partial charge in [-0.3, -0.25) is 5.41 Å². The van der Waals surface area contributed by atoms with Gasteiger partial charge in [-0.05, 0) is 36.8 Å². The Bertz CT molecular complexity index is 934. The predicted octanol–water partition coefficient (Wildman–Crippen LogP) is 6.62. The van der Waals surface area contributed by atoms with E-state index >= 15 is 0 Å². The van der Waals surface area contributed by atoms with Crippen LogP contribution in [0.15, 0.2) is 22.7 Å². The highest BCUT2D eigenvalue weighted by Gasteiger charge is 2.34. The van der Waals surface area contributed by atoms with E-state index in [1.54, 1.807) is 17.0 Å². The first-order valence-electron chi connectivity index (χ1n) is 12.4. The summed E-state index contributed by atoms with van der Waals surface area (Å²) in [4.78, 5) is 6.12. The van der Waals surface area contributed by atoms with Gasteiger partial charge in [0.1, 0.15) is 0 Å². The molecule has 1 fully saturated rings. The summed E-state index contributed by atoms with van der Waals surface area (Å²) in [5.41, 5.74) is 5.54. The fraction of sp³-hybridized carbons (Fsp3) is 0.640. The molecule has 0 aliphatic carbocycles. The lowest BCUT2D eigenvalue weighted by atomic mass is 9.97. The Hall–Kier alpha value is -2.29. The Balaban J connectivity index is 0.00000432. The van der Waals surface area contributed by atoms with Crippen LogP contribution in [0.1, 0.15) is 81.7 Å². The van der Waals surface area contributed by atoms with E-state index in [0.717, 1.165) is 38.2 Å². The first kappa shape index (κ1) is 28.9. The molecule has 2 aromatic rings. The molecule has 6 nitrogen and oxygen atoms in total. The minimum atomic E-state index is -4.43. The number of halogens is 4. The lowest BCUT2D eigenvalue weighted by Gasteiger charge is -2.14. The summed E-state index contributed by atoms with van der Waals surface area (Å²) in [6.07, 6.45) is 6.17. The zero-order chi connectivity index (χ0) is 24.6. The number of likely N-dealkylation sites (tertiary alicyclic amines) is 1. The van der Waals surface area contributed by atoms with E-state index < -0.39 is 11.7 Å². The normalized spacial score (nSPS) is 15.9. The monoisotopic (exact) mass is 515 g/mol. The molecule has 1 aromatic heterocycles. The van der Waals surface area contributed by atoms with Gasteiger partial charge < -0.3 is 15.2 Å². The van der Waals surface area contributed by atoms with Crippen molar-refractivity contribution in [1.82, 2.24) is 15.0 Å². The second-order valence-electron chi connectivity index (χ2n) is 9.30. The number of rotatable bonds is 12. The third-order valence-corrected chi connectivity index (χ3v) is 6.53. The number of nitrogens with zero attached hydrogens (tertiary/aromatic N) is 3. The summed E-state index contributed by atoms with van der Waals surface area (Å²) in [5.74, 6) is 0.819. The first-order chi connectivity index (χ1) is 16.3. The number of aromatic nitrogens is 2. The highest BCUT2D eigenvalue weighted by molar-refractivity contribution is 5.85. The first-order valence-corrected chi connectivity index (χ1v) is 12.4. The smallest absolute Gasteiger partial charge is 0.370 e. The van der Waals surface area contributed by atoms with Crippen molar-refractivity contribution < 1.29 is 17.7 Å². The van der Waals surface area contributed by atoms with Gasteiger partial charge in [0.2, 0.25) is 11.7 Å². The van der Waals surface area contributed by atoms with Gasteiger partial charge in [0.15, 0.2) is 5.96 Å². The van der Waals surface area contributed by atoms with Gasteiger partial charge in [0, 0.05) is 25.1 Å². The van der Waals surface area contributed by atoms with Gasteiger partial charge in [0.25, 0.3) is 0 Å². The summed E-state index contributed by atoms with van der Waals surface area (Å²) in [6.45, 7) is 3.52. The van der Waals surface area contributed by atoms with Crippen molar-refractivity contribution >= 4 is 18.4 Å². The largest absolute Gasteiger partial charge is 0.416 e. The number of benzene rings is 1. The molecule has 2 heterocycles. The standard InChI is InChI=1S/C25H36F3N5O.ClH/c1-2-3-4-5-6-7-8-9-10-19-11-12-20(16-21(19)25(26,27)28)23-31-22(34-32-23)15-18-13-14-33(17-18)24(29)30;/h11-12,16,18H,2-10,13-15,17H2,1H3,(H3,29,30);1H/t18-;/m0./s1. The summed E-state index contributed by atoms with van der Waals surface area (Å²) in [7, 11) is 0. The molecule has 1 aromatic carbocycles. The summed E-state index contributed by atoms with van der Waals surface area (Å²) < 4.78 is 46.6. The Labute approximate surface area is 211 Å². The van der Waals surface area contributed by atoms with E-state index in [-0.39, 0.29) is 30.1 Å². The molecule has 1 aliphatic rings. The average Bonchev–Trinajstić information content (AvgIpc) is 3.45. The lowest BCUT2D eigenvalue weighted by Crippen LogP contribution is -2.34. The molecule has 3 rings (SSSR count). The summed E-state index contributed by atoms with van der Waals surface area (Å²) >= 11 is 0. The Kier molecular flexibility index (Phi) is 11.3. The van der Waals surface area contributed by atoms with Gasteiger partial charge in [-0.2, -0.15) is 18.2 Å². The summed E-state index contributed by atoms with van der Waals surface area (Å²) in [5, 5.41) is 11.4. The van der Waals surface area contributed by atoms with Crippen LogP contribution < -0.4 is 5.73 Å². The number of aryl methyl sites for hydroxylation is 1. The average molecular weight is 516 g/mol. The minimum absolute atomic E-state index is 0. The van der Waals surface area contributed by atoms with E-state index in [9.17, 15) is 13.2 Å². The van der Waals surface area contributed by atoms with Crippen molar-refractivity contribution in [1.29, 1.82) is 5.41 Å². The predicted molar refractivity (Wildman–Crippen MR) is 134 cm³/mol. The molecule has 196 valence electrons. The highest BCUT2D eigenvalue weighted by atomic mass is 35.5. The second kappa shape index (κ2) is 13.7. The third-order valence-electron chi connectivity index (χ3n) is 6.53. The van der Waals surface area contributed by atoms with E-state index in [1.807, 2.05) is 0 Å². The van der Waals surface area contributed by atoms with Crippen LogP contribution in [0.3, 0.4) is 0 Å². The van der Waals surface area contributed by atoms with Crippen molar-refractivity contribution in [3.63, 3.8) is 0 Å². The number of alkyl halides is 3. The molecular formula is C25H37ClF3N5O. The molecular weight excluding hydrogens is 479 g/mol. The molecule has 0 saturated carbocycles. The highest BCUT2D eigenvalue weighted by Crippen LogP contribution is 2.35. The summed E-state index contributed by atoms with van der Waals surface area (Å²) in [6, 6.07) is 4.34. The van der Waals surface area contributed by atoms with Crippen molar-refractivity contribution in [2.45, 2.75) is 83.7 Å². The minimum Gasteiger partial charge on any atom is -0.370 e. The molecule has 1 saturated heterocycles. The number of hydrogen-bond donors (Lipinski definition) is 2. The van der Waals surface area contributed by atoms with Gasteiger partial charge >= 0.3 is 6.18 Å². The van der Waals surface area contributed by atoms with Crippen LogP contribution in [0.4, 0.5) is 13.2 Å². The maximum atomic E-state index is 13.8. The van der Waals surface area contributed by atoms with Gasteiger partial charge in [-0.25, -0.2) is 0 Å². The molecule has 0 unspecified atom stereocenters. The Morgan fingerprint density at radius 2 is 1.83 bits per heavy atom. The number of guanidine groups is 1. The zero-order valence-electron chi connectivity index (χ0n) is 20.4. The lowest BCUT2D eigenvalue weighted by molar-refractivity contribution is -0.138. The molecule has 10 heteroatoms. The SMILES string of the molecule is CCCCCCCCCCc1ccc(-c2noc(C[C@@H]3CCN(C(=N)N)C3)n2)cc1C(F)(F)F.Cl. The van der Waals surface area contributed by atoms with E-state index in [2.05, 4.69) is 17.1 Å². The number of hydrogen-bond acceptors (Lipinski definition) is 4. The van der Waals surface area contributed by atoms with Crippen molar-refractivity contribution in [3.8, 4) is 11.4 Å². The maximum Gasteiger partial charge on any atom is 0.416 e. The van der Waals surface area contributed by atoms with Crippen LogP contribution >= 0.6 is 12.4 Å². The molecule has 0 amide bonds. The molecule has 1 atom stereocenters. The van der Waals surface area contributed by atoms with Crippen LogP contribution in [0, 0.1) is 11.3 Å². The molecule has 35 heavy (non-hydrogen) atoms. The molecule has 0 spiro atoms. The molecule has 1 aliphatic heterocycles. The van der Waals surface area contributed by atoms with Crippen molar-refractivity contribution in [2.24, 2.45) is 11.7 Å². The van der Waals surface area contributed by atoms with Crippen LogP contribution in [0.25, 0.3) is 11.4 Å². The second-order valence-corrected chi connectivity index (χ2v) is 9.30. The Morgan fingerprint density at radius 1 is 1.14 bits per heavy atom. The molecule has 3 N–H and O–H groups in total. The number of unbranched alkanes of at least 4 members (excludes halogenated alkanes) is 7. The van der Waals surface area contributed by atoms with Crippen LogP contribution in [-0.4, -0.2) is 34.1 Å². The fourth-order valence-corrected chi connectivity index (χ4v) is 4.57. The van der Waals surface area contributed by atoms with E-state index in [0.29, 0.717) is 42.9 Å². The van der Waals surface area contributed by atoms with Crippen molar-refractivity contribution in [3.05, 3.63) is 35.2 Å². The van der Waals surface area contributed by atoms with Gasteiger partial charge in [0.05, 0.1) is 5.56 Å². The zero-order valence-corrected chi connectivity index (χ0v) is 21.2.